The van der Waals surface area contributed by atoms with Crippen LogP contribution in [0.4, 0.5) is 0 Å². The smallest absolute Gasteiger partial charge is 0.311 e. The second-order valence-corrected chi connectivity index (χ2v) is 6.49. The van der Waals surface area contributed by atoms with Gasteiger partial charge in [-0.1, -0.05) is 47.7 Å². The molecule has 0 aliphatic carbocycles. The summed E-state index contributed by atoms with van der Waals surface area (Å²) in [7, 11) is 1.44. The number of esters is 1. The second-order valence-electron chi connectivity index (χ2n) is 6.49. The van der Waals surface area contributed by atoms with Gasteiger partial charge in [-0.2, -0.15) is 0 Å². The van der Waals surface area contributed by atoms with Crippen molar-refractivity contribution in [2.45, 2.75) is 6.54 Å². The van der Waals surface area contributed by atoms with Crippen molar-refractivity contribution in [3.63, 3.8) is 0 Å². The first kappa shape index (κ1) is 16.5. The van der Waals surface area contributed by atoms with Crippen LogP contribution in [0.25, 0.3) is 16.9 Å². The van der Waals surface area contributed by atoms with Crippen LogP contribution in [0, 0.1) is 5.92 Å². The molecule has 0 amide bonds. The van der Waals surface area contributed by atoms with Gasteiger partial charge in [-0.25, -0.2) is 4.68 Å². The van der Waals surface area contributed by atoms with Crippen LogP contribution in [0.3, 0.4) is 0 Å². The Kier molecular flexibility index (Phi) is 4.50. The molecule has 0 saturated carbocycles. The molecule has 132 valence electrons. The van der Waals surface area contributed by atoms with E-state index in [0.717, 1.165) is 36.6 Å². The molecule has 0 bridgehead atoms. The van der Waals surface area contributed by atoms with Gasteiger partial charge in [-0.05, 0) is 17.7 Å². The molecule has 1 saturated heterocycles. The topological polar surface area (TPSA) is 60.2 Å². The van der Waals surface area contributed by atoms with Crippen LogP contribution in [0.2, 0.25) is 0 Å². The van der Waals surface area contributed by atoms with Gasteiger partial charge in [-0.3, -0.25) is 9.69 Å². The van der Waals surface area contributed by atoms with E-state index in [4.69, 9.17) is 4.74 Å². The summed E-state index contributed by atoms with van der Waals surface area (Å²) in [6.07, 6.45) is 1.93. The maximum atomic E-state index is 11.4. The first-order valence-electron chi connectivity index (χ1n) is 8.60. The lowest BCUT2D eigenvalue weighted by atomic mass is 9.99. The Hall–Kier alpha value is -2.99. The third-order valence-corrected chi connectivity index (χ3v) is 4.66. The van der Waals surface area contributed by atoms with Crippen molar-refractivity contribution < 1.29 is 9.53 Å². The van der Waals surface area contributed by atoms with Crippen molar-refractivity contribution in [1.82, 2.24) is 19.9 Å². The molecule has 3 aromatic rings. The molecule has 0 radical (unpaired) electrons. The van der Waals surface area contributed by atoms with Crippen LogP contribution >= 0.6 is 0 Å². The predicted molar refractivity (Wildman–Crippen MR) is 97.6 cm³/mol. The highest BCUT2D eigenvalue weighted by Crippen LogP contribution is 2.21. The molecule has 1 aromatic heterocycles. The number of aromatic nitrogens is 3. The fourth-order valence-electron chi connectivity index (χ4n) is 3.16. The van der Waals surface area contributed by atoms with Gasteiger partial charge in [0, 0.05) is 25.2 Å². The van der Waals surface area contributed by atoms with Gasteiger partial charge >= 0.3 is 5.97 Å². The van der Waals surface area contributed by atoms with Crippen molar-refractivity contribution in [2.75, 3.05) is 20.2 Å². The van der Waals surface area contributed by atoms with E-state index in [9.17, 15) is 4.79 Å². The van der Waals surface area contributed by atoms with E-state index in [-0.39, 0.29) is 11.9 Å². The van der Waals surface area contributed by atoms with Crippen LogP contribution in [0.15, 0.2) is 60.8 Å². The average Bonchev–Trinajstić information content (AvgIpc) is 3.15. The standard InChI is InChI=1S/C20H20N4O2/c1-26-20(25)17-12-23(13-17)11-15-7-9-18(10-8-15)24-14-19(21-22-24)16-5-3-2-4-6-16/h2-10,14,17H,11-13H2,1H3. The van der Waals surface area contributed by atoms with E-state index < -0.39 is 0 Å². The van der Waals surface area contributed by atoms with Crippen LogP contribution in [0.1, 0.15) is 5.56 Å². The van der Waals surface area contributed by atoms with E-state index in [1.165, 1.54) is 12.7 Å². The minimum absolute atomic E-state index is 0.0193. The Morgan fingerprint density at radius 3 is 2.54 bits per heavy atom. The average molecular weight is 348 g/mol. The molecule has 2 heterocycles. The number of carbonyl (C=O) groups is 1. The largest absolute Gasteiger partial charge is 0.469 e. The molecule has 0 spiro atoms. The third kappa shape index (κ3) is 3.36. The van der Waals surface area contributed by atoms with E-state index >= 15 is 0 Å². The first-order chi connectivity index (χ1) is 12.7. The highest BCUT2D eigenvalue weighted by molar-refractivity contribution is 5.73. The highest BCUT2D eigenvalue weighted by Gasteiger charge is 2.33. The molecular weight excluding hydrogens is 328 g/mol. The number of ether oxygens (including phenoxy) is 1. The molecule has 26 heavy (non-hydrogen) atoms. The molecule has 2 aromatic carbocycles. The van der Waals surface area contributed by atoms with Gasteiger partial charge in [0.2, 0.25) is 0 Å². The van der Waals surface area contributed by atoms with Crippen LogP contribution in [0.5, 0.6) is 0 Å². The molecule has 4 rings (SSSR count). The fraction of sp³-hybridized carbons (Fsp3) is 0.250. The summed E-state index contributed by atoms with van der Waals surface area (Å²) >= 11 is 0. The monoisotopic (exact) mass is 348 g/mol. The van der Waals surface area contributed by atoms with Gasteiger partial charge in [0.25, 0.3) is 0 Å². The number of benzene rings is 2. The van der Waals surface area contributed by atoms with Crippen molar-refractivity contribution in [2.24, 2.45) is 5.92 Å². The van der Waals surface area contributed by atoms with Gasteiger partial charge in [0.05, 0.1) is 24.9 Å². The Bertz CT molecular complexity index is 884. The summed E-state index contributed by atoms with van der Waals surface area (Å²) in [5.41, 5.74) is 4.08. The molecule has 1 fully saturated rings. The maximum Gasteiger partial charge on any atom is 0.311 e. The quantitative estimate of drug-likeness (QED) is 0.663. The van der Waals surface area contributed by atoms with Gasteiger partial charge in [0.15, 0.2) is 0 Å². The summed E-state index contributed by atoms with van der Waals surface area (Å²) in [5.74, 6) is -0.0946. The van der Waals surface area contributed by atoms with Gasteiger partial charge in [-0.15, -0.1) is 5.10 Å². The fourth-order valence-corrected chi connectivity index (χ4v) is 3.16. The molecule has 1 aliphatic rings. The zero-order chi connectivity index (χ0) is 17.9. The SMILES string of the molecule is COC(=O)C1CN(Cc2ccc(-n3cc(-c4ccccc4)nn3)cc2)C1. The van der Waals surface area contributed by atoms with Crippen molar-refractivity contribution in [1.29, 1.82) is 0 Å². The van der Waals surface area contributed by atoms with E-state index in [1.807, 2.05) is 48.7 Å². The van der Waals surface area contributed by atoms with Gasteiger partial charge in [0.1, 0.15) is 5.69 Å². The number of methoxy groups -OCH3 is 1. The Morgan fingerprint density at radius 1 is 1.12 bits per heavy atom. The molecule has 0 N–H and O–H groups in total. The predicted octanol–water partition coefficient (Wildman–Crippen LogP) is 2.54. The lowest BCUT2D eigenvalue weighted by Crippen LogP contribution is -2.49. The lowest BCUT2D eigenvalue weighted by molar-refractivity contribution is -0.151. The first-order valence-corrected chi connectivity index (χ1v) is 8.60. The normalized spacial score (nSPS) is 14.8. The molecule has 1 aliphatic heterocycles. The maximum absolute atomic E-state index is 11.4. The number of nitrogens with zero attached hydrogens (tertiary/aromatic N) is 4. The molecule has 0 unspecified atom stereocenters. The van der Waals surface area contributed by atoms with Crippen LogP contribution in [-0.4, -0.2) is 46.1 Å². The van der Waals surface area contributed by atoms with Gasteiger partial charge < -0.3 is 4.74 Å². The van der Waals surface area contributed by atoms with Crippen LogP contribution < -0.4 is 0 Å². The minimum Gasteiger partial charge on any atom is -0.469 e. The minimum atomic E-state index is -0.114. The number of rotatable bonds is 5. The Labute approximate surface area is 152 Å². The summed E-state index contributed by atoms with van der Waals surface area (Å²) in [6, 6.07) is 18.3. The van der Waals surface area contributed by atoms with Crippen molar-refractivity contribution >= 4 is 5.97 Å². The van der Waals surface area contributed by atoms with E-state index in [1.54, 1.807) is 4.68 Å². The van der Waals surface area contributed by atoms with Crippen molar-refractivity contribution in [3.05, 3.63) is 66.4 Å². The Balaban J connectivity index is 1.39. The zero-order valence-electron chi connectivity index (χ0n) is 14.6. The summed E-state index contributed by atoms with van der Waals surface area (Å²) in [5, 5.41) is 8.47. The summed E-state index contributed by atoms with van der Waals surface area (Å²) < 4.78 is 6.55. The Morgan fingerprint density at radius 2 is 1.85 bits per heavy atom. The van der Waals surface area contributed by atoms with E-state index in [0.29, 0.717) is 0 Å². The summed E-state index contributed by atoms with van der Waals surface area (Å²) in [4.78, 5) is 13.7. The second kappa shape index (κ2) is 7.09. The molecule has 0 atom stereocenters. The summed E-state index contributed by atoms with van der Waals surface area (Å²) in [6.45, 7) is 2.36. The van der Waals surface area contributed by atoms with E-state index in [2.05, 4.69) is 27.3 Å². The lowest BCUT2D eigenvalue weighted by Gasteiger charge is -2.37. The molecular formula is C20H20N4O2. The molecule has 6 nitrogen and oxygen atoms in total. The highest BCUT2D eigenvalue weighted by atomic mass is 16.5. The van der Waals surface area contributed by atoms with Crippen LogP contribution in [-0.2, 0) is 16.1 Å². The molecule has 6 heteroatoms. The number of likely N-dealkylation sites (tertiary alicyclic amines) is 1. The third-order valence-electron chi connectivity index (χ3n) is 4.66. The number of hydrogen-bond donors (Lipinski definition) is 0. The zero-order valence-corrected chi connectivity index (χ0v) is 14.6. The van der Waals surface area contributed by atoms with Crippen molar-refractivity contribution in [3.8, 4) is 16.9 Å². The number of hydrogen-bond acceptors (Lipinski definition) is 5. The number of carbonyl (C=O) groups excluding carboxylic acids is 1.